The van der Waals surface area contributed by atoms with E-state index in [0.717, 1.165) is 19.6 Å². The molecule has 2 N–H and O–H groups in total. The van der Waals surface area contributed by atoms with Gasteiger partial charge in [0.25, 0.3) is 0 Å². The Morgan fingerprint density at radius 1 is 1.36 bits per heavy atom. The van der Waals surface area contributed by atoms with Gasteiger partial charge in [-0.2, -0.15) is 8.78 Å². The molecule has 1 aliphatic rings. The van der Waals surface area contributed by atoms with E-state index < -0.39 is 6.61 Å². The van der Waals surface area contributed by atoms with Crippen molar-refractivity contribution in [3.05, 3.63) is 29.8 Å². The minimum Gasteiger partial charge on any atom is -0.434 e. The van der Waals surface area contributed by atoms with E-state index >= 15 is 0 Å². The molecule has 0 saturated carbocycles. The van der Waals surface area contributed by atoms with Gasteiger partial charge in [0.05, 0.1) is 0 Å². The molecule has 1 atom stereocenters. The molecule has 8 heteroatoms. The van der Waals surface area contributed by atoms with Crippen molar-refractivity contribution >= 4 is 29.9 Å². The maximum Gasteiger partial charge on any atom is 0.387 e. The zero-order valence-electron chi connectivity index (χ0n) is 14.7. The number of hydrogen-bond donors (Lipinski definition) is 2. The summed E-state index contributed by atoms with van der Waals surface area (Å²) in [4.78, 5) is 6.64. The van der Waals surface area contributed by atoms with Crippen molar-refractivity contribution in [1.82, 2.24) is 15.5 Å². The lowest BCUT2D eigenvalue weighted by atomic mass is 10.2. The molecule has 1 aromatic rings. The molecule has 142 valence electrons. The van der Waals surface area contributed by atoms with Crippen molar-refractivity contribution in [2.75, 3.05) is 26.7 Å². The summed E-state index contributed by atoms with van der Waals surface area (Å²) in [6, 6.07) is 7.28. The van der Waals surface area contributed by atoms with Gasteiger partial charge in [-0.15, -0.1) is 24.0 Å². The van der Waals surface area contributed by atoms with Crippen LogP contribution in [0.15, 0.2) is 29.3 Å². The second-order valence-corrected chi connectivity index (χ2v) is 5.72. The van der Waals surface area contributed by atoms with Gasteiger partial charge in [-0.25, -0.2) is 0 Å². The van der Waals surface area contributed by atoms with Gasteiger partial charge in [0, 0.05) is 31.7 Å². The number of likely N-dealkylation sites (tertiary alicyclic amines) is 1. The normalized spacial score (nSPS) is 18.1. The smallest absolute Gasteiger partial charge is 0.387 e. The Balaban J connectivity index is 0.00000312. The predicted octanol–water partition coefficient (Wildman–Crippen LogP) is 3.06. The fourth-order valence-corrected chi connectivity index (χ4v) is 3.02. The van der Waals surface area contributed by atoms with Crippen molar-refractivity contribution < 1.29 is 13.5 Å². The second kappa shape index (κ2) is 11.5. The highest BCUT2D eigenvalue weighted by Crippen LogP contribution is 2.20. The molecule has 0 aromatic heterocycles. The highest BCUT2D eigenvalue weighted by molar-refractivity contribution is 14.0. The standard InChI is InChI=1S/C17H26F2N4O.HI/c1-3-23-10-6-8-14(23)12-22-17(20-2)21-11-13-7-4-5-9-15(13)24-16(18)19;/h4-5,7,9,14,16H,3,6,8,10-12H2,1-2H3,(H2,20,21,22);1H. The van der Waals surface area contributed by atoms with Gasteiger partial charge >= 0.3 is 6.61 Å². The third-order valence-corrected chi connectivity index (χ3v) is 4.27. The molecule has 1 unspecified atom stereocenters. The van der Waals surface area contributed by atoms with Gasteiger partial charge in [-0.05, 0) is 32.0 Å². The summed E-state index contributed by atoms with van der Waals surface area (Å²) in [6.07, 6.45) is 2.41. The molecule has 0 aliphatic carbocycles. The van der Waals surface area contributed by atoms with Crippen molar-refractivity contribution in [2.45, 2.75) is 39.0 Å². The van der Waals surface area contributed by atoms with Crippen LogP contribution in [0.3, 0.4) is 0 Å². The Bertz CT molecular complexity index is 545. The van der Waals surface area contributed by atoms with Crippen molar-refractivity contribution in [3.8, 4) is 5.75 Å². The highest BCUT2D eigenvalue weighted by Gasteiger charge is 2.22. The highest BCUT2D eigenvalue weighted by atomic mass is 127. The number of nitrogens with zero attached hydrogens (tertiary/aromatic N) is 2. The van der Waals surface area contributed by atoms with Crippen LogP contribution in [0.1, 0.15) is 25.3 Å². The number of alkyl halides is 2. The quantitative estimate of drug-likeness (QED) is 0.367. The first-order valence-corrected chi connectivity index (χ1v) is 8.35. The zero-order chi connectivity index (χ0) is 17.4. The first-order valence-electron chi connectivity index (χ1n) is 8.35. The molecule has 1 saturated heterocycles. The number of aliphatic imine (C=N–C) groups is 1. The van der Waals surface area contributed by atoms with Crippen LogP contribution >= 0.6 is 24.0 Å². The number of para-hydroxylation sites is 1. The number of benzene rings is 1. The molecular weight excluding hydrogens is 441 g/mol. The molecule has 1 aromatic carbocycles. The summed E-state index contributed by atoms with van der Waals surface area (Å²) in [5.74, 6) is 0.841. The van der Waals surface area contributed by atoms with Gasteiger partial charge in [-0.1, -0.05) is 25.1 Å². The van der Waals surface area contributed by atoms with Gasteiger partial charge in [0.15, 0.2) is 5.96 Å². The third-order valence-electron chi connectivity index (χ3n) is 4.27. The first kappa shape index (κ1) is 21.9. The number of likely N-dealkylation sites (N-methyl/N-ethyl adjacent to an activating group) is 1. The summed E-state index contributed by atoms with van der Waals surface area (Å²) in [5.41, 5.74) is 0.664. The van der Waals surface area contributed by atoms with Crippen LogP contribution in [-0.4, -0.2) is 50.2 Å². The molecule has 1 fully saturated rings. The van der Waals surface area contributed by atoms with Crippen molar-refractivity contribution in [1.29, 1.82) is 0 Å². The fourth-order valence-electron chi connectivity index (χ4n) is 3.02. The van der Waals surface area contributed by atoms with Crippen LogP contribution in [0.5, 0.6) is 5.75 Å². The minimum absolute atomic E-state index is 0. The number of hydrogen-bond acceptors (Lipinski definition) is 3. The van der Waals surface area contributed by atoms with E-state index in [4.69, 9.17) is 0 Å². The SMILES string of the molecule is CCN1CCCC1CNC(=NC)NCc1ccccc1OC(F)F.I. The molecular formula is C17H27F2IN4O. The van der Waals surface area contributed by atoms with E-state index in [1.54, 1.807) is 25.2 Å². The monoisotopic (exact) mass is 468 g/mol. The average molecular weight is 468 g/mol. The minimum atomic E-state index is -2.83. The largest absolute Gasteiger partial charge is 0.434 e. The molecule has 1 aliphatic heterocycles. The summed E-state index contributed by atoms with van der Waals surface area (Å²) in [6.45, 7) is 2.73. The van der Waals surface area contributed by atoms with Gasteiger partial charge in [-0.3, -0.25) is 9.89 Å². The second-order valence-electron chi connectivity index (χ2n) is 5.72. The number of nitrogens with one attached hydrogen (secondary N) is 2. The van der Waals surface area contributed by atoms with Crippen LogP contribution in [-0.2, 0) is 6.54 Å². The average Bonchev–Trinajstić information content (AvgIpc) is 3.03. The molecule has 2 rings (SSSR count). The van der Waals surface area contributed by atoms with E-state index in [2.05, 4.69) is 32.2 Å². The molecule has 0 amide bonds. The maximum atomic E-state index is 12.4. The number of guanidine groups is 1. The summed E-state index contributed by atoms with van der Waals surface area (Å²) < 4.78 is 29.4. The lowest BCUT2D eigenvalue weighted by Gasteiger charge is -2.24. The van der Waals surface area contributed by atoms with Crippen LogP contribution in [0.4, 0.5) is 8.78 Å². The molecule has 0 radical (unpaired) electrons. The van der Waals surface area contributed by atoms with Crippen molar-refractivity contribution in [3.63, 3.8) is 0 Å². The number of rotatable bonds is 7. The number of ether oxygens (including phenoxy) is 1. The van der Waals surface area contributed by atoms with Crippen LogP contribution < -0.4 is 15.4 Å². The Hall–Kier alpha value is -1.16. The first-order chi connectivity index (χ1) is 11.6. The summed E-state index contributed by atoms with van der Waals surface area (Å²) in [7, 11) is 1.70. The molecule has 0 bridgehead atoms. The van der Waals surface area contributed by atoms with Gasteiger partial charge < -0.3 is 15.4 Å². The molecule has 25 heavy (non-hydrogen) atoms. The lowest BCUT2D eigenvalue weighted by molar-refractivity contribution is -0.0504. The summed E-state index contributed by atoms with van der Waals surface area (Å²) >= 11 is 0. The van der Waals surface area contributed by atoms with Crippen LogP contribution in [0.2, 0.25) is 0 Å². The molecule has 1 heterocycles. The van der Waals surface area contributed by atoms with E-state index in [1.807, 2.05) is 0 Å². The van der Waals surface area contributed by atoms with Gasteiger partial charge in [0.1, 0.15) is 5.75 Å². The van der Waals surface area contributed by atoms with Crippen LogP contribution in [0.25, 0.3) is 0 Å². The van der Waals surface area contributed by atoms with E-state index in [9.17, 15) is 8.78 Å². The maximum absolute atomic E-state index is 12.4. The predicted molar refractivity (Wildman–Crippen MR) is 107 cm³/mol. The Labute approximate surface area is 165 Å². The third kappa shape index (κ3) is 6.93. The van der Waals surface area contributed by atoms with E-state index in [1.165, 1.54) is 18.9 Å². The molecule has 0 spiro atoms. The zero-order valence-corrected chi connectivity index (χ0v) is 17.0. The lowest BCUT2D eigenvalue weighted by Crippen LogP contribution is -2.44. The number of halogens is 3. The van der Waals surface area contributed by atoms with E-state index in [0.29, 0.717) is 24.1 Å². The Kier molecular flexibility index (Phi) is 10.0. The fraction of sp³-hybridized carbons (Fsp3) is 0.588. The molecule has 5 nitrogen and oxygen atoms in total. The summed E-state index contributed by atoms with van der Waals surface area (Å²) in [5, 5.41) is 6.47. The van der Waals surface area contributed by atoms with Gasteiger partial charge in [0.2, 0.25) is 0 Å². The van der Waals surface area contributed by atoms with Crippen LogP contribution in [0, 0.1) is 0 Å². The van der Waals surface area contributed by atoms with E-state index in [-0.39, 0.29) is 29.7 Å². The Morgan fingerprint density at radius 2 is 2.12 bits per heavy atom. The van der Waals surface area contributed by atoms with Crippen molar-refractivity contribution in [2.24, 2.45) is 4.99 Å². The topological polar surface area (TPSA) is 48.9 Å². The Morgan fingerprint density at radius 3 is 2.80 bits per heavy atom.